The summed E-state index contributed by atoms with van der Waals surface area (Å²) in [6.07, 6.45) is 1.11. The Hall–Kier alpha value is -0.900. The van der Waals surface area contributed by atoms with Crippen molar-refractivity contribution in [2.45, 2.75) is 32.0 Å². The molecule has 1 fully saturated rings. The van der Waals surface area contributed by atoms with Gasteiger partial charge in [-0.1, -0.05) is 31.2 Å². The van der Waals surface area contributed by atoms with Crippen LogP contribution in [0.1, 0.15) is 30.5 Å². The van der Waals surface area contributed by atoms with Crippen LogP contribution in [-0.2, 0) is 6.54 Å². The van der Waals surface area contributed by atoms with Gasteiger partial charge in [0.25, 0.3) is 0 Å². The maximum absolute atomic E-state index is 5.99. The fraction of sp³-hybridized carbons (Fsp3) is 0.538. The van der Waals surface area contributed by atoms with Gasteiger partial charge in [0.05, 0.1) is 0 Å². The van der Waals surface area contributed by atoms with Crippen molar-refractivity contribution in [3.8, 4) is 0 Å². The molecule has 1 heterocycles. The van der Waals surface area contributed by atoms with Crippen LogP contribution in [0.5, 0.6) is 0 Å². The molecule has 3 unspecified atom stereocenters. The van der Waals surface area contributed by atoms with Crippen molar-refractivity contribution >= 4 is 0 Å². The zero-order valence-electron chi connectivity index (χ0n) is 9.82. The molecule has 1 aromatic carbocycles. The van der Waals surface area contributed by atoms with Gasteiger partial charge < -0.3 is 16.8 Å². The van der Waals surface area contributed by atoms with Gasteiger partial charge in [-0.3, -0.25) is 0 Å². The smallest absolute Gasteiger partial charge is 0.0324 e. The summed E-state index contributed by atoms with van der Waals surface area (Å²) < 4.78 is 0. The Balaban J connectivity index is 2.12. The Bertz CT molecular complexity index is 351. The molecule has 0 amide bonds. The van der Waals surface area contributed by atoms with Crippen LogP contribution in [0.4, 0.5) is 0 Å². The van der Waals surface area contributed by atoms with Gasteiger partial charge >= 0.3 is 0 Å². The molecule has 1 saturated heterocycles. The fourth-order valence-corrected chi connectivity index (χ4v) is 2.30. The molecule has 0 saturated carbocycles. The van der Waals surface area contributed by atoms with E-state index in [1.54, 1.807) is 0 Å². The van der Waals surface area contributed by atoms with Gasteiger partial charge in [0.15, 0.2) is 0 Å². The number of hydrogen-bond acceptors (Lipinski definition) is 3. The van der Waals surface area contributed by atoms with E-state index in [0.29, 0.717) is 18.5 Å². The Morgan fingerprint density at radius 3 is 2.94 bits per heavy atom. The molecule has 2 rings (SSSR count). The predicted molar refractivity (Wildman–Crippen MR) is 66.8 cm³/mol. The summed E-state index contributed by atoms with van der Waals surface area (Å²) in [5.41, 5.74) is 14.2. The van der Waals surface area contributed by atoms with E-state index in [2.05, 4.69) is 36.5 Å². The monoisotopic (exact) mass is 219 g/mol. The van der Waals surface area contributed by atoms with Crippen LogP contribution in [0.2, 0.25) is 0 Å². The first kappa shape index (κ1) is 11.6. The SMILES string of the molecule is CC1CC(c2cccc(CN)c2)NCC1N. The van der Waals surface area contributed by atoms with Gasteiger partial charge in [-0.05, 0) is 23.5 Å². The van der Waals surface area contributed by atoms with Gasteiger partial charge in [0, 0.05) is 25.2 Å². The predicted octanol–water partition coefficient (Wildman–Crippen LogP) is 1.14. The largest absolute Gasteiger partial charge is 0.326 e. The summed E-state index contributed by atoms with van der Waals surface area (Å²) in [4.78, 5) is 0. The minimum atomic E-state index is 0.286. The van der Waals surface area contributed by atoms with E-state index in [0.717, 1.165) is 13.0 Å². The number of benzene rings is 1. The Labute approximate surface area is 97.2 Å². The van der Waals surface area contributed by atoms with Crippen molar-refractivity contribution in [2.75, 3.05) is 6.54 Å². The van der Waals surface area contributed by atoms with Gasteiger partial charge in [0.2, 0.25) is 0 Å². The highest BCUT2D eigenvalue weighted by Crippen LogP contribution is 2.26. The third-order valence-corrected chi connectivity index (χ3v) is 3.53. The third-order valence-electron chi connectivity index (χ3n) is 3.53. The molecule has 16 heavy (non-hydrogen) atoms. The minimum absolute atomic E-state index is 0.286. The molecule has 5 N–H and O–H groups in total. The lowest BCUT2D eigenvalue weighted by atomic mass is 9.87. The molecule has 88 valence electrons. The van der Waals surface area contributed by atoms with E-state index in [1.807, 2.05) is 0 Å². The Kier molecular flexibility index (Phi) is 3.59. The molecule has 0 aromatic heterocycles. The van der Waals surface area contributed by atoms with E-state index in [4.69, 9.17) is 11.5 Å². The molecule has 3 atom stereocenters. The van der Waals surface area contributed by atoms with E-state index >= 15 is 0 Å². The molecule has 0 radical (unpaired) electrons. The molecule has 0 spiro atoms. The number of hydrogen-bond donors (Lipinski definition) is 3. The molecule has 3 heteroatoms. The van der Waals surface area contributed by atoms with E-state index < -0.39 is 0 Å². The van der Waals surface area contributed by atoms with Crippen LogP contribution in [0.25, 0.3) is 0 Å². The lowest BCUT2D eigenvalue weighted by Gasteiger charge is -2.33. The zero-order chi connectivity index (χ0) is 11.5. The van der Waals surface area contributed by atoms with Crippen LogP contribution >= 0.6 is 0 Å². The van der Waals surface area contributed by atoms with Crippen LogP contribution < -0.4 is 16.8 Å². The number of nitrogens with one attached hydrogen (secondary N) is 1. The first-order valence-electron chi connectivity index (χ1n) is 5.98. The standard InChI is InChI=1S/C13H21N3/c1-9-5-13(16-8-12(9)15)11-4-2-3-10(6-11)7-14/h2-4,6,9,12-13,16H,5,7-8,14-15H2,1H3. The molecular formula is C13H21N3. The maximum Gasteiger partial charge on any atom is 0.0324 e. The molecule has 1 aromatic rings. The highest BCUT2D eigenvalue weighted by molar-refractivity contribution is 5.26. The highest BCUT2D eigenvalue weighted by Gasteiger charge is 2.25. The van der Waals surface area contributed by atoms with Crippen LogP contribution in [0.15, 0.2) is 24.3 Å². The number of rotatable bonds is 2. The second-order valence-electron chi connectivity index (χ2n) is 4.79. The average Bonchev–Trinajstić information content (AvgIpc) is 2.33. The second kappa shape index (κ2) is 4.95. The lowest BCUT2D eigenvalue weighted by molar-refractivity contribution is 0.286. The van der Waals surface area contributed by atoms with Crippen molar-refractivity contribution in [2.24, 2.45) is 17.4 Å². The topological polar surface area (TPSA) is 64.1 Å². The van der Waals surface area contributed by atoms with E-state index in [-0.39, 0.29) is 6.04 Å². The van der Waals surface area contributed by atoms with Crippen molar-refractivity contribution in [1.29, 1.82) is 0 Å². The van der Waals surface area contributed by atoms with Crippen molar-refractivity contribution in [3.63, 3.8) is 0 Å². The molecule has 0 bridgehead atoms. The molecular weight excluding hydrogens is 198 g/mol. The summed E-state index contributed by atoms with van der Waals surface area (Å²) in [5.74, 6) is 0.577. The first-order valence-corrected chi connectivity index (χ1v) is 5.98. The lowest BCUT2D eigenvalue weighted by Crippen LogP contribution is -2.46. The van der Waals surface area contributed by atoms with Crippen molar-refractivity contribution in [3.05, 3.63) is 35.4 Å². The summed E-state index contributed by atoms with van der Waals surface area (Å²) in [5, 5.41) is 3.50. The first-order chi connectivity index (χ1) is 7.70. The second-order valence-corrected chi connectivity index (χ2v) is 4.79. The van der Waals surface area contributed by atoms with Crippen molar-refractivity contribution in [1.82, 2.24) is 5.32 Å². The van der Waals surface area contributed by atoms with Gasteiger partial charge in [-0.25, -0.2) is 0 Å². The summed E-state index contributed by atoms with van der Waals surface area (Å²) >= 11 is 0. The van der Waals surface area contributed by atoms with Crippen LogP contribution in [-0.4, -0.2) is 12.6 Å². The van der Waals surface area contributed by atoms with Gasteiger partial charge in [-0.2, -0.15) is 0 Å². The molecule has 0 aliphatic carbocycles. The Morgan fingerprint density at radius 2 is 2.25 bits per heavy atom. The minimum Gasteiger partial charge on any atom is -0.326 e. The Morgan fingerprint density at radius 1 is 1.44 bits per heavy atom. The maximum atomic E-state index is 5.99. The third kappa shape index (κ3) is 2.43. The normalized spacial score (nSPS) is 30.3. The fourth-order valence-electron chi connectivity index (χ4n) is 2.30. The van der Waals surface area contributed by atoms with Gasteiger partial charge in [-0.15, -0.1) is 0 Å². The number of piperidine rings is 1. The zero-order valence-corrected chi connectivity index (χ0v) is 9.82. The van der Waals surface area contributed by atoms with E-state index in [1.165, 1.54) is 11.1 Å². The van der Waals surface area contributed by atoms with E-state index in [9.17, 15) is 0 Å². The van der Waals surface area contributed by atoms with Crippen molar-refractivity contribution < 1.29 is 0 Å². The molecule has 1 aliphatic heterocycles. The summed E-state index contributed by atoms with van der Waals surface area (Å²) in [6, 6.07) is 9.23. The molecule has 1 aliphatic rings. The van der Waals surface area contributed by atoms with Crippen LogP contribution in [0.3, 0.4) is 0 Å². The highest BCUT2D eigenvalue weighted by atomic mass is 15.0. The average molecular weight is 219 g/mol. The quantitative estimate of drug-likeness (QED) is 0.699. The number of nitrogens with two attached hydrogens (primary N) is 2. The van der Waals surface area contributed by atoms with Crippen LogP contribution in [0, 0.1) is 5.92 Å². The summed E-state index contributed by atoms with van der Waals surface area (Å²) in [7, 11) is 0. The molecule has 3 nitrogen and oxygen atoms in total. The summed E-state index contributed by atoms with van der Waals surface area (Å²) in [6.45, 7) is 3.74. The van der Waals surface area contributed by atoms with Gasteiger partial charge in [0.1, 0.15) is 0 Å².